The summed E-state index contributed by atoms with van der Waals surface area (Å²) in [6, 6.07) is 0. The third kappa shape index (κ3) is 7.01. The Kier molecular flexibility index (Phi) is 8.95. The standard InChI is InChI=1S/C14H25N/c1-5-8-10-12-14(7-3)15(4)13-11-9-6-2/h5,7-8,10,12H,6,9,11,13H2,1-4H3/b8-5-,12-10-,14-7+. The summed E-state index contributed by atoms with van der Waals surface area (Å²) >= 11 is 0. The van der Waals surface area contributed by atoms with Crippen LogP contribution in [0.2, 0.25) is 0 Å². The minimum Gasteiger partial charge on any atom is -0.375 e. The number of likely N-dealkylation sites (N-methyl/N-ethyl adjacent to an activating group) is 1. The molecule has 0 saturated heterocycles. The van der Waals surface area contributed by atoms with Crippen molar-refractivity contribution < 1.29 is 0 Å². The van der Waals surface area contributed by atoms with E-state index in [1.54, 1.807) is 0 Å². The van der Waals surface area contributed by atoms with Crippen LogP contribution in [0.5, 0.6) is 0 Å². The van der Waals surface area contributed by atoms with Crippen LogP contribution in [-0.4, -0.2) is 18.5 Å². The highest BCUT2D eigenvalue weighted by Crippen LogP contribution is 2.06. The maximum atomic E-state index is 2.32. The Labute approximate surface area is 95.2 Å². The van der Waals surface area contributed by atoms with Crippen LogP contribution in [-0.2, 0) is 0 Å². The molecule has 0 aliphatic heterocycles. The van der Waals surface area contributed by atoms with E-state index in [2.05, 4.69) is 50.1 Å². The Hall–Kier alpha value is -0.980. The molecular weight excluding hydrogens is 182 g/mol. The van der Waals surface area contributed by atoms with Crippen LogP contribution < -0.4 is 0 Å². The Bertz CT molecular complexity index is 223. The fraction of sp³-hybridized carbons (Fsp3) is 0.571. The van der Waals surface area contributed by atoms with Crippen LogP contribution in [0, 0.1) is 0 Å². The van der Waals surface area contributed by atoms with E-state index in [4.69, 9.17) is 0 Å². The van der Waals surface area contributed by atoms with E-state index in [1.807, 2.05) is 13.0 Å². The summed E-state index contributed by atoms with van der Waals surface area (Å²) in [6.45, 7) is 7.51. The van der Waals surface area contributed by atoms with E-state index in [0.717, 1.165) is 6.54 Å². The summed E-state index contributed by atoms with van der Waals surface area (Å²) < 4.78 is 0. The lowest BCUT2D eigenvalue weighted by molar-refractivity contribution is 0.412. The van der Waals surface area contributed by atoms with Gasteiger partial charge in [0.25, 0.3) is 0 Å². The van der Waals surface area contributed by atoms with Gasteiger partial charge in [-0.25, -0.2) is 0 Å². The molecule has 0 bridgehead atoms. The van der Waals surface area contributed by atoms with E-state index in [9.17, 15) is 0 Å². The molecule has 1 heteroatoms. The molecule has 0 amide bonds. The van der Waals surface area contributed by atoms with Gasteiger partial charge in [0.2, 0.25) is 0 Å². The molecule has 15 heavy (non-hydrogen) atoms. The summed E-state index contributed by atoms with van der Waals surface area (Å²) in [4.78, 5) is 2.32. The third-order valence-electron chi connectivity index (χ3n) is 2.40. The molecule has 0 aliphatic rings. The zero-order valence-corrected chi connectivity index (χ0v) is 10.7. The van der Waals surface area contributed by atoms with Crippen molar-refractivity contribution in [3.05, 3.63) is 36.1 Å². The molecule has 0 atom stereocenters. The third-order valence-corrected chi connectivity index (χ3v) is 2.40. The van der Waals surface area contributed by atoms with Gasteiger partial charge >= 0.3 is 0 Å². The van der Waals surface area contributed by atoms with Crippen molar-refractivity contribution in [2.24, 2.45) is 0 Å². The topological polar surface area (TPSA) is 3.24 Å². The highest BCUT2D eigenvalue weighted by atomic mass is 15.1. The van der Waals surface area contributed by atoms with Crippen molar-refractivity contribution in [1.82, 2.24) is 4.90 Å². The summed E-state index contributed by atoms with van der Waals surface area (Å²) in [7, 11) is 2.16. The van der Waals surface area contributed by atoms with E-state index in [0.29, 0.717) is 0 Å². The Balaban J connectivity index is 4.05. The molecule has 0 unspecified atom stereocenters. The normalized spacial score (nSPS) is 12.9. The molecule has 0 saturated carbocycles. The van der Waals surface area contributed by atoms with Crippen LogP contribution in [0.4, 0.5) is 0 Å². The van der Waals surface area contributed by atoms with Gasteiger partial charge in [-0.3, -0.25) is 0 Å². The fourth-order valence-corrected chi connectivity index (χ4v) is 1.44. The van der Waals surface area contributed by atoms with Gasteiger partial charge in [-0.1, -0.05) is 44.1 Å². The molecule has 0 aromatic heterocycles. The first-order valence-corrected chi connectivity index (χ1v) is 5.93. The molecule has 86 valence electrons. The Morgan fingerprint density at radius 3 is 2.40 bits per heavy atom. The van der Waals surface area contributed by atoms with Crippen molar-refractivity contribution in [2.75, 3.05) is 13.6 Å². The predicted molar refractivity (Wildman–Crippen MR) is 69.9 cm³/mol. The van der Waals surface area contributed by atoms with Crippen LogP contribution in [0.3, 0.4) is 0 Å². The lowest BCUT2D eigenvalue weighted by Gasteiger charge is -2.19. The SMILES string of the molecule is C\C=C/C=C\C(=C/C)N(C)CCCCC. The fourth-order valence-electron chi connectivity index (χ4n) is 1.44. The number of unbranched alkanes of at least 4 members (excludes halogenated alkanes) is 2. The van der Waals surface area contributed by atoms with E-state index < -0.39 is 0 Å². The maximum Gasteiger partial charge on any atom is 0.0320 e. The van der Waals surface area contributed by atoms with Crippen molar-refractivity contribution in [1.29, 1.82) is 0 Å². The lowest BCUT2D eigenvalue weighted by Crippen LogP contribution is -2.17. The molecule has 1 nitrogen and oxygen atoms in total. The largest absolute Gasteiger partial charge is 0.375 e. The molecule has 0 spiro atoms. The monoisotopic (exact) mass is 207 g/mol. The second kappa shape index (κ2) is 9.57. The molecule has 0 heterocycles. The van der Waals surface area contributed by atoms with Gasteiger partial charge in [0.15, 0.2) is 0 Å². The number of hydrogen-bond donors (Lipinski definition) is 0. The quantitative estimate of drug-likeness (QED) is 0.448. The van der Waals surface area contributed by atoms with Gasteiger partial charge in [0, 0.05) is 19.3 Å². The first-order chi connectivity index (χ1) is 7.26. The summed E-state index contributed by atoms with van der Waals surface area (Å²) in [6.07, 6.45) is 14.4. The van der Waals surface area contributed by atoms with Crippen LogP contribution >= 0.6 is 0 Å². The summed E-state index contributed by atoms with van der Waals surface area (Å²) in [5, 5.41) is 0. The van der Waals surface area contributed by atoms with Gasteiger partial charge in [-0.2, -0.15) is 0 Å². The average Bonchev–Trinajstić information content (AvgIpc) is 2.24. The Morgan fingerprint density at radius 2 is 1.87 bits per heavy atom. The van der Waals surface area contributed by atoms with Crippen LogP contribution in [0.15, 0.2) is 36.1 Å². The number of rotatable bonds is 7. The predicted octanol–water partition coefficient (Wildman–Crippen LogP) is 4.14. The van der Waals surface area contributed by atoms with Gasteiger partial charge in [0.05, 0.1) is 0 Å². The minimum absolute atomic E-state index is 1.15. The smallest absolute Gasteiger partial charge is 0.0320 e. The van der Waals surface area contributed by atoms with Crippen LogP contribution in [0.1, 0.15) is 40.0 Å². The molecule has 0 aliphatic carbocycles. The number of nitrogens with zero attached hydrogens (tertiary/aromatic N) is 1. The summed E-state index contributed by atoms with van der Waals surface area (Å²) in [5.41, 5.74) is 1.30. The molecule has 0 aromatic rings. The van der Waals surface area contributed by atoms with E-state index in [1.165, 1.54) is 25.0 Å². The molecule has 0 fully saturated rings. The van der Waals surface area contributed by atoms with Crippen molar-refractivity contribution in [3.63, 3.8) is 0 Å². The molecule has 0 N–H and O–H groups in total. The number of allylic oxidation sites excluding steroid dienone is 5. The minimum atomic E-state index is 1.15. The van der Waals surface area contributed by atoms with Gasteiger partial charge in [0.1, 0.15) is 0 Å². The second-order valence-electron chi connectivity index (χ2n) is 3.73. The molecular formula is C14H25N. The highest BCUT2D eigenvalue weighted by Gasteiger charge is 1.98. The second-order valence-corrected chi connectivity index (χ2v) is 3.73. The maximum absolute atomic E-state index is 2.32. The van der Waals surface area contributed by atoms with Gasteiger partial charge < -0.3 is 4.90 Å². The van der Waals surface area contributed by atoms with Crippen LogP contribution in [0.25, 0.3) is 0 Å². The van der Waals surface area contributed by atoms with Gasteiger partial charge in [-0.15, -0.1) is 0 Å². The molecule has 0 aromatic carbocycles. The van der Waals surface area contributed by atoms with Crippen molar-refractivity contribution in [3.8, 4) is 0 Å². The Morgan fingerprint density at radius 1 is 1.13 bits per heavy atom. The molecule has 0 rings (SSSR count). The average molecular weight is 207 g/mol. The van der Waals surface area contributed by atoms with Crippen molar-refractivity contribution in [2.45, 2.75) is 40.0 Å². The van der Waals surface area contributed by atoms with E-state index in [-0.39, 0.29) is 0 Å². The lowest BCUT2D eigenvalue weighted by atomic mass is 10.2. The zero-order valence-electron chi connectivity index (χ0n) is 10.7. The number of hydrogen-bond acceptors (Lipinski definition) is 1. The molecule has 0 radical (unpaired) electrons. The summed E-state index contributed by atoms with van der Waals surface area (Å²) in [5.74, 6) is 0. The first kappa shape index (κ1) is 14.0. The van der Waals surface area contributed by atoms with Gasteiger partial charge in [-0.05, 0) is 26.3 Å². The van der Waals surface area contributed by atoms with Crippen molar-refractivity contribution >= 4 is 0 Å². The zero-order chi connectivity index (χ0) is 11.5. The first-order valence-electron chi connectivity index (χ1n) is 5.93. The van der Waals surface area contributed by atoms with E-state index >= 15 is 0 Å². The highest BCUT2D eigenvalue weighted by molar-refractivity contribution is 5.20.